The highest BCUT2D eigenvalue weighted by atomic mass is 35.5. The summed E-state index contributed by atoms with van der Waals surface area (Å²) in [5.74, 6) is -0.936. The molecule has 4 nitrogen and oxygen atoms in total. The first-order chi connectivity index (χ1) is 9.13. The van der Waals surface area contributed by atoms with E-state index in [1.807, 2.05) is 31.2 Å². The van der Waals surface area contributed by atoms with Crippen molar-refractivity contribution < 1.29 is 9.90 Å². The number of aromatic carboxylic acids is 1. The minimum Gasteiger partial charge on any atom is -0.478 e. The summed E-state index contributed by atoms with van der Waals surface area (Å²) in [4.78, 5) is 11.1. The summed E-state index contributed by atoms with van der Waals surface area (Å²) in [7, 11) is 0. The molecule has 0 atom stereocenters. The molecule has 1 heterocycles. The summed E-state index contributed by atoms with van der Waals surface area (Å²) in [6, 6.07) is 7.50. The second-order valence-electron chi connectivity index (χ2n) is 4.31. The molecule has 2 rings (SSSR count). The van der Waals surface area contributed by atoms with Gasteiger partial charge in [0.05, 0.1) is 18.4 Å². The third kappa shape index (κ3) is 2.96. The molecule has 1 N–H and O–H groups in total. The van der Waals surface area contributed by atoms with Crippen molar-refractivity contribution >= 4 is 17.6 Å². The Bertz CT molecular complexity index is 593. The van der Waals surface area contributed by atoms with Gasteiger partial charge in [0, 0.05) is 5.02 Å². The fourth-order valence-corrected chi connectivity index (χ4v) is 2.21. The Hall–Kier alpha value is -1.81. The molecule has 19 heavy (non-hydrogen) atoms. The number of rotatable bonds is 5. The molecule has 2 aromatic rings. The van der Waals surface area contributed by atoms with Gasteiger partial charge in [-0.3, -0.25) is 4.68 Å². The first-order valence-corrected chi connectivity index (χ1v) is 6.52. The Morgan fingerprint density at radius 1 is 1.42 bits per heavy atom. The van der Waals surface area contributed by atoms with E-state index in [4.69, 9.17) is 16.7 Å². The molecular formula is C14H15ClN2O2. The van der Waals surface area contributed by atoms with Gasteiger partial charge in [0.1, 0.15) is 5.56 Å². The molecular weight excluding hydrogens is 264 g/mol. The summed E-state index contributed by atoms with van der Waals surface area (Å²) in [6.45, 7) is 2.50. The van der Waals surface area contributed by atoms with Crippen LogP contribution < -0.4 is 0 Å². The maximum atomic E-state index is 11.1. The Morgan fingerprint density at radius 3 is 2.79 bits per heavy atom. The first-order valence-electron chi connectivity index (χ1n) is 6.14. The zero-order chi connectivity index (χ0) is 13.8. The van der Waals surface area contributed by atoms with E-state index < -0.39 is 5.97 Å². The lowest BCUT2D eigenvalue weighted by molar-refractivity contribution is 0.0695. The number of hydrogen-bond donors (Lipinski definition) is 1. The highest BCUT2D eigenvalue weighted by molar-refractivity contribution is 6.31. The molecule has 0 unspecified atom stereocenters. The summed E-state index contributed by atoms with van der Waals surface area (Å²) in [5, 5.41) is 14.0. The van der Waals surface area contributed by atoms with Crippen LogP contribution in [0.25, 0.3) is 0 Å². The van der Waals surface area contributed by atoms with E-state index in [-0.39, 0.29) is 5.56 Å². The van der Waals surface area contributed by atoms with Gasteiger partial charge in [-0.05, 0) is 18.1 Å². The lowest BCUT2D eigenvalue weighted by atomic mass is 10.1. The van der Waals surface area contributed by atoms with Crippen LogP contribution in [-0.2, 0) is 13.0 Å². The molecule has 1 aromatic heterocycles. The number of carbonyl (C=O) groups is 1. The molecule has 1 aromatic carbocycles. The van der Waals surface area contributed by atoms with Crippen molar-refractivity contribution in [3.63, 3.8) is 0 Å². The molecule has 0 spiro atoms. The smallest absolute Gasteiger partial charge is 0.339 e. The second-order valence-corrected chi connectivity index (χ2v) is 4.72. The van der Waals surface area contributed by atoms with E-state index in [9.17, 15) is 4.79 Å². The van der Waals surface area contributed by atoms with Crippen LogP contribution in [0.15, 0.2) is 30.5 Å². The number of nitrogens with zero attached hydrogens (tertiary/aromatic N) is 2. The monoisotopic (exact) mass is 278 g/mol. The molecule has 0 amide bonds. The van der Waals surface area contributed by atoms with E-state index in [2.05, 4.69) is 5.10 Å². The lowest BCUT2D eigenvalue weighted by Gasteiger charge is -2.09. The van der Waals surface area contributed by atoms with Gasteiger partial charge in [0.15, 0.2) is 0 Å². The van der Waals surface area contributed by atoms with Crippen molar-refractivity contribution in [3.8, 4) is 0 Å². The lowest BCUT2D eigenvalue weighted by Crippen LogP contribution is -2.09. The van der Waals surface area contributed by atoms with Crippen LogP contribution in [-0.4, -0.2) is 20.9 Å². The largest absolute Gasteiger partial charge is 0.478 e. The Labute approximate surface area is 116 Å². The van der Waals surface area contributed by atoms with Crippen LogP contribution in [0, 0.1) is 0 Å². The van der Waals surface area contributed by atoms with E-state index in [0.29, 0.717) is 18.0 Å². The maximum absolute atomic E-state index is 11.1. The van der Waals surface area contributed by atoms with Crippen molar-refractivity contribution in [3.05, 3.63) is 52.3 Å². The molecule has 0 bridgehead atoms. The van der Waals surface area contributed by atoms with Crippen LogP contribution >= 0.6 is 11.6 Å². The number of carboxylic acid groups (broad SMARTS) is 1. The van der Waals surface area contributed by atoms with Gasteiger partial charge in [-0.25, -0.2) is 4.79 Å². The number of halogens is 1. The van der Waals surface area contributed by atoms with Gasteiger partial charge in [-0.1, -0.05) is 43.1 Å². The fraction of sp³-hybridized carbons (Fsp3) is 0.286. The molecule has 0 aliphatic carbocycles. The van der Waals surface area contributed by atoms with E-state index >= 15 is 0 Å². The third-order valence-electron chi connectivity index (χ3n) is 2.94. The van der Waals surface area contributed by atoms with Crippen LogP contribution in [0.4, 0.5) is 0 Å². The van der Waals surface area contributed by atoms with Crippen LogP contribution in [0.1, 0.15) is 35.0 Å². The van der Waals surface area contributed by atoms with E-state index in [1.165, 1.54) is 6.20 Å². The molecule has 0 aliphatic heterocycles. The Morgan fingerprint density at radius 2 is 2.16 bits per heavy atom. The van der Waals surface area contributed by atoms with Gasteiger partial charge in [0.2, 0.25) is 0 Å². The zero-order valence-corrected chi connectivity index (χ0v) is 11.4. The zero-order valence-electron chi connectivity index (χ0n) is 10.6. The summed E-state index contributed by atoms with van der Waals surface area (Å²) < 4.78 is 1.72. The predicted molar refractivity (Wildman–Crippen MR) is 73.7 cm³/mol. The number of carboxylic acids is 1. The van der Waals surface area contributed by atoms with Crippen molar-refractivity contribution in [1.29, 1.82) is 0 Å². The summed E-state index contributed by atoms with van der Waals surface area (Å²) in [5.41, 5.74) is 1.95. The first kappa shape index (κ1) is 13.6. The number of aromatic nitrogens is 2. The predicted octanol–water partition coefficient (Wildman–Crippen LogP) is 3.24. The molecule has 0 saturated heterocycles. The van der Waals surface area contributed by atoms with Crippen molar-refractivity contribution in [2.45, 2.75) is 26.3 Å². The van der Waals surface area contributed by atoms with Crippen LogP contribution in [0.2, 0.25) is 5.02 Å². The van der Waals surface area contributed by atoms with E-state index in [1.54, 1.807) is 4.68 Å². The molecule has 0 fully saturated rings. The molecule has 100 valence electrons. The number of benzene rings is 1. The minimum atomic E-state index is -0.936. The summed E-state index contributed by atoms with van der Waals surface area (Å²) in [6.07, 6.45) is 2.96. The molecule has 0 saturated carbocycles. The van der Waals surface area contributed by atoms with Gasteiger partial charge < -0.3 is 5.11 Å². The minimum absolute atomic E-state index is 0.272. The Kier molecular flexibility index (Phi) is 4.22. The van der Waals surface area contributed by atoms with Crippen molar-refractivity contribution in [1.82, 2.24) is 9.78 Å². The standard InChI is InChI=1S/C14H15ClN2O2/c1-2-5-13-11(14(18)19)8-16-17(13)9-10-6-3-4-7-12(10)15/h3-4,6-8H,2,5,9H2,1H3,(H,18,19). The maximum Gasteiger partial charge on any atom is 0.339 e. The number of hydrogen-bond acceptors (Lipinski definition) is 2. The van der Waals surface area contributed by atoms with E-state index in [0.717, 1.165) is 17.7 Å². The Balaban J connectivity index is 2.35. The van der Waals surface area contributed by atoms with Crippen LogP contribution in [0.3, 0.4) is 0 Å². The average Bonchev–Trinajstić information content (AvgIpc) is 2.76. The van der Waals surface area contributed by atoms with Gasteiger partial charge in [0.25, 0.3) is 0 Å². The quantitative estimate of drug-likeness (QED) is 0.913. The normalized spacial score (nSPS) is 10.6. The fourth-order valence-electron chi connectivity index (χ4n) is 2.01. The van der Waals surface area contributed by atoms with Crippen LogP contribution in [0.5, 0.6) is 0 Å². The molecule has 0 aliphatic rings. The van der Waals surface area contributed by atoms with Crippen molar-refractivity contribution in [2.24, 2.45) is 0 Å². The summed E-state index contributed by atoms with van der Waals surface area (Å²) >= 11 is 6.12. The molecule has 5 heteroatoms. The van der Waals surface area contributed by atoms with Gasteiger partial charge in [-0.2, -0.15) is 5.10 Å². The SMILES string of the molecule is CCCc1c(C(=O)O)cnn1Cc1ccccc1Cl. The highest BCUT2D eigenvalue weighted by Gasteiger charge is 2.16. The third-order valence-corrected chi connectivity index (χ3v) is 3.31. The topological polar surface area (TPSA) is 55.1 Å². The molecule has 0 radical (unpaired) electrons. The highest BCUT2D eigenvalue weighted by Crippen LogP contribution is 2.18. The second kappa shape index (κ2) is 5.89. The van der Waals surface area contributed by atoms with Crippen molar-refractivity contribution in [2.75, 3.05) is 0 Å². The average molecular weight is 279 g/mol. The van der Waals surface area contributed by atoms with Gasteiger partial charge in [-0.15, -0.1) is 0 Å². The van der Waals surface area contributed by atoms with Gasteiger partial charge >= 0.3 is 5.97 Å².